The Kier molecular flexibility index (Phi) is 2.84. The Bertz CT molecular complexity index is 273. The van der Waals surface area contributed by atoms with Gasteiger partial charge >= 0.3 is 0 Å². The van der Waals surface area contributed by atoms with E-state index in [1.54, 1.807) is 12.1 Å². The molecular formula is C8H8FIO. The number of benzene rings is 1. The van der Waals surface area contributed by atoms with Crippen LogP contribution in [0.3, 0.4) is 0 Å². The zero-order chi connectivity index (χ0) is 8.43. The Labute approximate surface area is 78.4 Å². The first kappa shape index (κ1) is 8.93. The molecular weight excluding hydrogens is 258 g/mol. The molecule has 0 heterocycles. The van der Waals surface area contributed by atoms with Crippen molar-refractivity contribution >= 4 is 22.6 Å². The lowest BCUT2D eigenvalue weighted by molar-refractivity contribution is 0.275. The van der Waals surface area contributed by atoms with Crippen LogP contribution >= 0.6 is 22.6 Å². The second-order valence-electron chi connectivity index (χ2n) is 2.33. The van der Waals surface area contributed by atoms with Gasteiger partial charge in [-0.1, -0.05) is 12.1 Å². The first-order valence-corrected chi connectivity index (χ1v) is 4.29. The van der Waals surface area contributed by atoms with E-state index in [1.165, 1.54) is 0 Å². The van der Waals surface area contributed by atoms with Crippen molar-refractivity contribution in [1.82, 2.24) is 0 Å². The number of hydrogen-bond donors (Lipinski definition) is 1. The van der Waals surface area contributed by atoms with Crippen LogP contribution < -0.4 is 0 Å². The average molecular weight is 266 g/mol. The highest BCUT2D eigenvalue weighted by Crippen LogP contribution is 2.18. The topological polar surface area (TPSA) is 20.2 Å². The van der Waals surface area contributed by atoms with Gasteiger partial charge in [-0.25, -0.2) is 4.39 Å². The molecule has 1 nitrogen and oxygen atoms in total. The highest BCUT2D eigenvalue weighted by atomic mass is 127. The van der Waals surface area contributed by atoms with Gasteiger partial charge in [-0.2, -0.15) is 0 Å². The summed E-state index contributed by atoms with van der Waals surface area (Å²) in [6.45, 7) is 1.61. The number of aryl methyl sites for hydroxylation is 1. The third-order valence-corrected chi connectivity index (χ3v) is 2.85. The summed E-state index contributed by atoms with van der Waals surface area (Å²) in [7, 11) is 0. The van der Waals surface area contributed by atoms with Gasteiger partial charge in [-0.15, -0.1) is 0 Å². The fraction of sp³-hybridized carbons (Fsp3) is 0.250. The second kappa shape index (κ2) is 3.49. The van der Waals surface area contributed by atoms with E-state index >= 15 is 0 Å². The molecule has 3 heteroatoms. The Morgan fingerprint density at radius 2 is 2.18 bits per heavy atom. The molecule has 0 unspecified atom stereocenters. The number of hydrogen-bond acceptors (Lipinski definition) is 1. The van der Waals surface area contributed by atoms with Gasteiger partial charge in [0, 0.05) is 5.56 Å². The van der Waals surface area contributed by atoms with E-state index in [9.17, 15) is 4.39 Å². The van der Waals surface area contributed by atoms with Crippen LogP contribution in [0, 0.1) is 16.3 Å². The molecule has 0 saturated heterocycles. The van der Waals surface area contributed by atoms with Crippen LogP contribution in [0.5, 0.6) is 0 Å². The Morgan fingerprint density at radius 1 is 1.55 bits per heavy atom. The van der Waals surface area contributed by atoms with Crippen LogP contribution in [0.4, 0.5) is 4.39 Å². The summed E-state index contributed by atoms with van der Waals surface area (Å²) >= 11 is 1.93. The molecule has 1 N–H and O–H groups in total. The van der Waals surface area contributed by atoms with E-state index in [-0.39, 0.29) is 12.4 Å². The number of aliphatic hydroxyl groups is 1. The van der Waals surface area contributed by atoms with Crippen molar-refractivity contribution in [3.63, 3.8) is 0 Å². The van der Waals surface area contributed by atoms with Crippen LogP contribution in [0.25, 0.3) is 0 Å². The van der Waals surface area contributed by atoms with Crippen LogP contribution in [-0.2, 0) is 6.61 Å². The van der Waals surface area contributed by atoms with Gasteiger partial charge in [0.2, 0.25) is 0 Å². The van der Waals surface area contributed by atoms with Crippen LogP contribution in [-0.4, -0.2) is 5.11 Å². The van der Waals surface area contributed by atoms with Gasteiger partial charge in [0.1, 0.15) is 5.82 Å². The minimum Gasteiger partial charge on any atom is -0.392 e. The molecule has 1 aromatic carbocycles. The summed E-state index contributed by atoms with van der Waals surface area (Å²) in [4.78, 5) is 0. The molecule has 0 atom stereocenters. The molecule has 1 rings (SSSR count). The summed E-state index contributed by atoms with van der Waals surface area (Å²) in [5.41, 5.74) is 1.26. The quantitative estimate of drug-likeness (QED) is 0.773. The van der Waals surface area contributed by atoms with Gasteiger partial charge in [-0.3, -0.25) is 0 Å². The lowest BCUT2D eigenvalue weighted by atomic mass is 10.1. The Morgan fingerprint density at radius 3 is 2.73 bits per heavy atom. The first-order chi connectivity index (χ1) is 5.16. The van der Waals surface area contributed by atoms with Crippen molar-refractivity contribution in [3.8, 4) is 0 Å². The molecule has 0 saturated carbocycles. The smallest absolute Gasteiger partial charge is 0.142 e. The van der Waals surface area contributed by atoms with Gasteiger partial charge < -0.3 is 5.11 Å². The van der Waals surface area contributed by atoms with Crippen molar-refractivity contribution in [2.24, 2.45) is 0 Å². The maximum atomic E-state index is 13.1. The fourth-order valence-corrected chi connectivity index (χ4v) is 1.33. The summed E-state index contributed by atoms with van der Waals surface area (Å²) in [5, 5.41) is 8.69. The lowest BCUT2D eigenvalue weighted by Gasteiger charge is -2.03. The zero-order valence-corrected chi connectivity index (χ0v) is 8.22. The van der Waals surface area contributed by atoms with Crippen LogP contribution in [0.2, 0.25) is 0 Å². The Hall–Kier alpha value is -0.160. The molecule has 0 fully saturated rings. The van der Waals surface area contributed by atoms with Gasteiger partial charge in [0.15, 0.2) is 0 Å². The van der Waals surface area contributed by atoms with E-state index in [4.69, 9.17) is 5.11 Å². The molecule has 0 aliphatic heterocycles. The van der Waals surface area contributed by atoms with E-state index < -0.39 is 0 Å². The number of rotatable bonds is 1. The van der Waals surface area contributed by atoms with E-state index in [0.717, 1.165) is 5.56 Å². The number of aliphatic hydroxyl groups excluding tert-OH is 1. The third-order valence-electron chi connectivity index (χ3n) is 1.53. The average Bonchev–Trinajstić information content (AvgIpc) is 2.01. The highest BCUT2D eigenvalue weighted by Gasteiger charge is 2.06. The molecule has 0 aliphatic rings. The van der Waals surface area contributed by atoms with Crippen molar-refractivity contribution in [3.05, 3.63) is 32.6 Å². The highest BCUT2D eigenvalue weighted by molar-refractivity contribution is 14.1. The first-order valence-electron chi connectivity index (χ1n) is 3.21. The molecule has 0 spiro atoms. The molecule has 0 aromatic heterocycles. The maximum Gasteiger partial charge on any atom is 0.142 e. The number of halogens is 2. The van der Waals surface area contributed by atoms with Gasteiger partial charge in [-0.05, 0) is 35.1 Å². The summed E-state index contributed by atoms with van der Waals surface area (Å²) in [6, 6.07) is 3.41. The molecule has 60 valence electrons. The molecule has 0 radical (unpaired) electrons. The normalized spacial score (nSPS) is 10.2. The zero-order valence-electron chi connectivity index (χ0n) is 6.06. The molecule has 0 bridgehead atoms. The van der Waals surface area contributed by atoms with E-state index in [2.05, 4.69) is 0 Å². The van der Waals surface area contributed by atoms with Crippen LogP contribution in [0.1, 0.15) is 11.1 Å². The van der Waals surface area contributed by atoms with Crippen molar-refractivity contribution in [1.29, 1.82) is 0 Å². The van der Waals surface area contributed by atoms with Crippen LogP contribution in [0.15, 0.2) is 12.1 Å². The molecule has 11 heavy (non-hydrogen) atoms. The summed E-state index contributed by atoms with van der Waals surface area (Å²) in [6.07, 6.45) is 0. The lowest BCUT2D eigenvalue weighted by Crippen LogP contribution is -1.94. The van der Waals surface area contributed by atoms with Crippen molar-refractivity contribution in [2.45, 2.75) is 13.5 Å². The van der Waals surface area contributed by atoms with E-state index in [0.29, 0.717) is 9.13 Å². The third kappa shape index (κ3) is 1.70. The minimum absolute atomic E-state index is 0.234. The molecule has 0 amide bonds. The summed E-state index contributed by atoms with van der Waals surface area (Å²) in [5.74, 6) is -0.298. The largest absolute Gasteiger partial charge is 0.392 e. The predicted octanol–water partition coefficient (Wildman–Crippen LogP) is 2.23. The SMILES string of the molecule is Cc1ccc(CO)c(F)c1I. The maximum absolute atomic E-state index is 13.1. The van der Waals surface area contributed by atoms with Gasteiger partial charge in [0.05, 0.1) is 10.2 Å². The summed E-state index contributed by atoms with van der Waals surface area (Å²) < 4.78 is 13.7. The molecule has 1 aromatic rings. The van der Waals surface area contributed by atoms with Crippen molar-refractivity contribution < 1.29 is 9.50 Å². The fourth-order valence-electron chi connectivity index (χ4n) is 0.808. The van der Waals surface area contributed by atoms with Gasteiger partial charge in [0.25, 0.3) is 0 Å². The predicted molar refractivity (Wildman–Crippen MR) is 49.8 cm³/mol. The monoisotopic (exact) mass is 266 g/mol. The van der Waals surface area contributed by atoms with Crippen molar-refractivity contribution in [2.75, 3.05) is 0 Å². The standard InChI is InChI=1S/C8H8FIO/c1-5-2-3-6(4-11)7(9)8(5)10/h2-3,11H,4H2,1H3. The molecule has 0 aliphatic carbocycles. The second-order valence-corrected chi connectivity index (χ2v) is 3.41. The van der Waals surface area contributed by atoms with E-state index in [1.807, 2.05) is 29.5 Å². The minimum atomic E-state index is -0.298. The Balaban J connectivity index is 3.25.